The summed E-state index contributed by atoms with van der Waals surface area (Å²) in [7, 11) is 0. The first-order chi connectivity index (χ1) is 13.6. The molecule has 0 aromatic heterocycles. The van der Waals surface area contributed by atoms with Gasteiger partial charge in [0.05, 0.1) is 5.92 Å². The fourth-order valence-electron chi connectivity index (χ4n) is 3.07. The van der Waals surface area contributed by atoms with E-state index in [1.54, 1.807) is 6.92 Å². The standard InChI is InChI=1S/C23H24N2O3/c1-3-21(18-10-5-4-6-11-18)23(27)25-24-22(26)16(2)28-20-14-13-17-9-7-8-12-19(17)15-20/h4-16,21H,3H2,1-2H3,(H,24,26)(H,25,27). The number of carbonyl (C=O) groups excluding carboxylic acids is 2. The lowest BCUT2D eigenvalue weighted by atomic mass is 9.96. The predicted octanol–water partition coefficient (Wildman–Crippen LogP) is 3.95. The van der Waals surface area contributed by atoms with Gasteiger partial charge in [0.2, 0.25) is 5.91 Å². The van der Waals surface area contributed by atoms with Crippen LogP contribution in [0.4, 0.5) is 0 Å². The summed E-state index contributed by atoms with van der Waals surface area (Å²) in [5.74, 6) is -0.383. The van der Waals surface area contributed by atoms with Gasteiger partial charge in [0, 0.05) is 0 Å². The van der Waals surface area contributed by atoms with Gasteiger partial charge in [-0.25, -0.2) is 0 Å². The molecule has 5 nitrogen and oxygen atoms in total. The van der Waals surface area contributed by atoms with Gasteiger partial charge >= 0.3 is 0 Å². The highest BCUT2D eigenvalue weighted by atomic mass is 16.5. The van der Waals surface area contributed by atoms with E-state index in [4.69, 9.17) is 4.74 Å². The van der Waals surface area contributed by atoms with Crippen molar-refractivity contribution in [3.05, 3.63) is 78.4 Å². The summed E-state index contributed by atoms with van der Waals surface area (Å²) in [6, 6.07) is 23.1. The zero-order chi connectivity index (χ0) is 19.9. The maximum atomic E-state index is 12.4. The summed E-state index contributed by atoms with van der Waals surface area (Å²) in [4.78, 5) is 24.8. The van der Waals surface area contributed by atoms with E-state index in [-0.39, 0.29) is 11.8 Å². The van der Waals surface area contributed by atoms with Crippen LogP contribution in [-0.4, -0.2) is 17.9 Å². The van der Waals surface area contributed by atoms with E-state index in [2.05, 4.69) is 10.9 Å². The van der Waals surface area contributed by atoms with E-state index < -0.39 is 12.0 Å². The third-order valence-corrected chi connectivity index (χ3v) is 4.64. The fourth-order valence-corrected chi connectivity index (χ4v) is 3.07. The van der Waals surface area contributed by atoms with Crippen molar-refractivity contribution in [3.63, 3.8) is 0 Å². The van der Waals surface area contributed by atoms with Crippen LogP contribution in [0.15, 0.2) is 72.8 Å². The van der Waals surface area contributed by atoms with Crippen LogP contribution in [0.25, 0.3) is 10.8 Å². The summed E-state index contributed by atoms with van der Waals surface area (Å²) in [6.07, 6.45) is -0.118. The van der Waals surface area contributed by atoms with E-state index in [9.17, 15) is 9.59 Å². The van der Waals surface area contributed by atoms with Gasteiger partial charge < -0.3 is 4.74 Å². The third-order valence-electron chi connectivity index (χ3n) is 4.64. The minimum absolute atomic E-state index is 0.250. The van der Waals surface area contributed by atoms with Gasteiger partial charge in [0.15, 0.2) is 6.10 Å². The Hall–Kier alpha value is -3.34. The molecule has 2 unspecified atom stereocenters. The molecule has 2 atom stereocenters. The molecule has 2 N–H and O–H groups in total. The van der Waals surface area contributed by atoms with Crippen LogP contribution in [0.3, 0.4) is 0 Å². The van der Waals surface area contributed by atoms with E-state index in [1.807, 2.05) is 79.7 Å². The van der Waals surface area contributed by atoms with Gasteiger partial charge in [-0.3, -0.25) is 20.4 Å². The number of rotatable bonds is 6. The first-order valence-corrected chi connectivity index (χ1v) is 9.38. The van der Waals surface area contributed by atoms with Crippen LogP contribution in [0.5, 0.6) is 5.75 Å². The fraction of sp³-hybridized carbons (Fsp3) is 0.217. The average Bonchev–Trinajstić information content (AvgIpc) is 2.73. The molecule has 2 amide bonds. The number of amides is 2. The highest BCUT2D eigenvalue weighted by molar-refractivity contribution is 5.88. The molecule has 0 saturated heterocycles. The Kier molecular flexibility index (Phi) is 6.27. The first-order valence-electron chi connectivity index (χ1n) is 9.38. The van der Waals surface area contributed by atoms with Crippen LogP contribution in [0.2, 0.25) is 0 Å². The van der Waals surface area contributed by atoms with Gasteiger partial charge in [-0.15, -0.1) is 0 Å². The van der Waals surface area contributed by atoms with Crippen molar-refractivity contribution >= 4 is 22.6 Å². The lowest BCUT2D eigenvalue weighted by Crippen LogP contribution is -2.48. The molecule has 0 saturated carbocycles. The third kappa shape index (κ3) is 4.68. The zero-order valence-electron chi connectivity index (χ0n) is 16.0. The van der Waals surface area contributed by atoms with Crippen molar-refractivity contribution in [2.24, 2.45) is 0 Å². The molecule has 0 radical (unpaired) electrons. The van der Waals surface area contributed by atoms with Crippen molar-refractivity contribution in [2.75, 3.05) is 0 Å². The molecular weight excluding hydrogens is 352 g/mol. The number of ether oxygens (including phenoxy) is 1. The van der Waals surface area contributed by atoms with Crippen molar-refractivity contribution in [2.45, 2.75) is 32.3 Å². The summed E-state index contributed by atoms with van der Waals surface area (Å²) >= 11 is 0. The van der Waals surface area contributed by atoms with Crippen molar-refractivity contribution in [1.29, 1.82) is 0 Å². The van der Waals surface area contributed by atoms with Crippen LogP contribution < -0.4 is 15.6 Å². The van der Waals surface area contributed by atoms with E-state index in [1.165, 1.54) is 0 Å². The van der Waals surface area contributed by atoms with Crippen LogP contribution >= 0.6 is 0 Å². The number of benzene rings is 3. The van der Waals surface area contributed by atoms with Crippen molar-refractivity contribution < 1.29 is 14.3 Å². The second-order valence-electron chi connectivity index (χ2n) is 6.62. The second-order valence-corrected chi connectivity index (χ2v) is 6.62. The quantitative estimate of drug-likeness (QED) is 0.640. The molecular formula is C23H24N2O3. The number of hydrazine groups is 1. The minimum Gasteiger partial charge on any atom is -0.481 e. The minimum atomic E-state index is -0.752. The van der Waals surface area contributed by atoms with Gasteiger partial charge in [-0.1, -0.05) is 67.6 Å². The van der Waals surface area contributed by atoms with Crippen molar-refractivity contribution in [3.8, 4) is 5.75 Å². The molecule has 0 bridgehead atoms. The molecule has 3 rings (SSSR count). The van der Waals surface area contributed by atoms with Crippen molar-refractivity contribution in [1.82, 2.24) is 10.9 Å². The molecule has 0 aliphatic carbocycles. The zero-order valence-corrected chi connectivity index (χ0v) is 16.0. The lowest BCUT2D eigenvalue weighted by Gasteiger charge is -2.18. The predicted molar refractivity (Wildman–Crippen MR) is 110 cm³/mol. The maximum absolute atomic E-state index is 12.4. The summed E-state index contributed by atoms with van der Waals surface area (Å²) in [5, 5.41) is 2.14. The summed E-state index contributed by atoms with van der Waals surface area (Å²) in [5.41, 5.74) is 5.88. The number of hydrogen-bond donors (Lipinski definition) is 2. The molecule has 0 heterocycles. The SMILES string of the molecule is CCC(C(=O)NNC(=O)C(C)Oc1ccc2ccccc2c1)c1ccccc1. The summed E-state index contributed by atoms with van der Waals surface area (Å²) < 4.78 is 5.72. The monoisotopic (exact) mass is 376 g/mol. The molecule has 0 fully saturated rings. The Morgan fingerprint density at radius 1 is 0.857 bits per heavy atom. The number of nitrogens with one attached hydrogen (secondary N) is 2. The van der Waals surface area contributed by atoms with Gasteiger partial charge in [-0.2, -0.15) is 0 Å². The Labute approximate surface area is 164 Å². The maximum Gasteiger partial charge on any atom is 0.279 e. The molecule has 3 aromatic carbocycles. The molecule has 3 aromatic rings. The Bertz CT molecular complexity index is 956. The first kappa shape index (κ1) is 19.4. The largest absolute Gasteiger partial charge is 0.481 e. The number of carbonyl (C=O) groups is 2. The van der Waals surface area contributed by atoms with E-state index >= 15 is 0 Å². The highest BCUT2D eigenvalue weighted by Crippen LogP contribution is 2.21. The molecule has 0 aliphatic heterocycles. The summed E-state index contributed by atoms with van der Waals surface area (Å²) in [6.45, 7) is 3.58. The second kappa shape index (κ2) is 9.04. The number of hydrogen-bond acceptors (Lipinski definition) is 3. The molecule has 5 heteroatoms. The Morgan fingerprint density at radius 2 is 1.50 bits per heavy atom. The topological polar surface area (TPSA) is 67.4 Å². The highest BCUT2D eigenvalue weighted by Gasteiger charge is 2.21. The Balaban J connectivity index is 1.56. The Morgan fingerprint density at radius 3 is 2.21 bits per heavy atom. The van der Waals surface area contributed by atoms with Gasteiger partial charge in [0.1, 0.15) is 5.75 Å². The molecule has 0 aliphatic rings. The van der Waals surface area contributed by atoms with E-state index in [0.29, 0.717) is 12.2 Å². The van der Waals surface area contributed by atoms with Crippen LogP contribution in [-0.2, 0) is 9.59 Å². The van der Waals surface area contributed by atoms with Crippen LogP contribution in [0, 0.1) is 0 Å². The smallest absolute Gasteiger partial charge is 0.279 e. The molecule has 0 spiro atoms. The average molecular weight is 376 g/mol. The normalized spacial score (nSPS) is 12.8. The lowest BCUT2D eigenvalue weighted by molar-refractivity contribution is -0.133. The van der Waals surface area contributed by atoms with E-state index in [0.717, 1.165) is 16.3 Å². The molecule has 28 heavy (non-hydrogen) atoms. The van der Waals surface area contributed by atoms with Crippen LogP contribution in [0.1, 0.15) is 31.7 Å². The van der Waals surface area contributed by atoms with Gasteiger partial charge in [0.25, 0.3) is 5.91 Å². The number of fused-ring (bicyclic) bond motifs is 1. The van der Waals surface area contributed by atoms with Gasteiger partial charge in [-0.05, 0) is 41.8 Å². The molecule has 144 valence electrons.